The number of hydrogen-bond donors (Lipinski definition) is 2. The number of nitrogens with one attached hydrogen (secondary N) is 1. The first-order valence-electron chi connectivity index (χ1n) is 7.87. The zero-order valence-corrected chi connectivity index (χ0v) is 11.8. The van der Waals surface area contributed by atoms with E-state index in [1.165, 1.54) is 56.9 Å². The molecule has 1 unspecified atom stereocenters. The van der Waals surface area contributed by atoms with Crippen molar-refractivity contribution < 1.29 is 0 Å². The van der Waals surface area contributed by atoms with Crippen molar-refractivity contribution in [2.75, 3.05) is 0 Å². The van der Waals surface area contributed by atoms with Crippen LogP contribution in [-0.4, -0.2) is 6.04 Å². The molecule has 0 saturated heterocycles. The van der Waals surface area contributed by atoms with Gasteiger partial charge in [0.15, 0.2) is 0 Å². The highest BCUT2D eigenvalue weighted by molar-refractivity contribution is 5.33. The molecule has 19 heavy (non-hydrogen) atoms. The van der Waals surface area contributed by atoms with E-state index >= 15 is 0 Å². The molecule has 0 aliphatic heterocycles. The lowest BCUT2D eigenvalue weighted by molar-refractivity contribution is 0.353. The van der Waals surface area contributed by atoms with Crippen molar-refractivity contribution in [1.29, 1.82) is 0 Å². The molecule has 1 atom stereocenters. The molecule has 3 N–H and O–H groups in total. The van der Waals surface area contributed by atoms with Gasteiger partial charge in [0, 0.05) is 11.5 Å². The fraction of sp³-hybridized carbons (Fsp3) is 0.647. The number of rotatable bonds is 6. The Bertz CT molecular complexity index is 391. The molecule has 2 aliphatic carbocycles. The van der Waals surface area contributed by atoms with Gasteiger partial charge < -0.3 is 0 Å². The van der Waals surface area contributed by atoms with Gasteiger partial charge in [-0.1, -0.05) is 56.0 Å². The van der Waals surface area contributed by atoms with Gasteiger partial charge >= 0.3 is 0 Å². The van der Waals surface area contributed by atoms with Crippen LogP contribution >= 0.6 is 0 Å². The lowest BCUT2D eigenvalue weighted by Gasteiger charge is -2.28. The summed E-state index contributed by atoms with van der Waals surface area (Å²) >= 11 is 0. The van der Waals surface area contributed by atoms with Gasteiger partial charge in [0.1, 0.15) is 0 Å². The summed E-state index contributed by atoms with van der Waals surface area (Å²) in [4.78, 5) is 0. The highest BCUT2D eigenvalue weighted by Crippen LogP contribution is 2.52. The Morgan fingerprint density at radius 1 is 1.16 bits per heavy atom. The zero-order chi connectivity index (χ0) is 13.1. The van der Waals surface area contributed by atoms with Crippen LogP contribution < -0.4 is 11.3 Å². The fourth-order valence-corrected chi connectivity index (χ4v) is 3.96. The lowest BCUT2D eigenvalue weighted by Crippen LogP contribution is -2.44. The van der Waals surface area contributed by atoms with Crippen LogP contribution in [0.5, 0.6) is 0 Å². The van der Waals surface area contributed by atoms with Gasteiger partial charge in [0.05, 0.1) is 0 Å². The third-order valence-corrected chi connectivity index (χ3v) is 5.34. The first-order valence-corrected chi connectivity index (χ1v) is 7.87. The van der Waals surface area contributed by atoms with Crippen LogP contribution in [0.15, 0.2) is 30.3 Å². The van der Waals surface area contributed by atoms with E-state index in [4.69, 9.17) is 5.84 Å². The van der Waals surface area contributed by atoms with Gasteiger partial charge in [-0.05, 0) is 37.2 Å². The summed E-state index contributed by atoms with van der Waals surface area (Å²) < 4.78 is 0. The number of hydrazine groups is 1. The van der Waals surface area contributed by atoms with Crippen LogP contribution in [0.25, 0.3) is 0 Å². The molecule has 0 spiro atoms. The summed E-state index contributed by atoms with van der Waals surface area (Å²) in [5, 5.41) is 0. The van der Waals surface area contributed by atoms with E-state index in [1.807, 2.05) is 0 Å². The molecule has 2 nitrogen and oxygen atoms in total. The van der Waals surface area contributed by atoms with Gasteiger partial charge in [0.2, 0.25) is 0 Å². The standard InChI is InChI=1S/C17H26N2/c18-19-16(11-10-14-6-4-5-7-14)17(12-13-17)15-8-2-1-3-9-15/h1-3,8-9,14,16,19H,4-7,10-13,18H2. The van der Waals surface area contributed by atoms with Gasteiger partial charge in [0.25, 0.3) is 0 Å². The van der Waals surface area contributed by atoms with Crippen LogP contribution in [-0.2, 0) is 5.41 Å². The topological polar surface area (TPSA) is 38.0 Å². The molecule has 2 fully saturated rings. The van der Waals surface area contributed by atoms with Crippen molar-refractivity contribution in [3.63, 3.8) is 0 Å². The average molecular weight is 258 g/mol. The molecule has 0 bridgehead atoms. The molecule has 2 heteroatoms. The second kappa shape index (κ2) is 5.64. The first kappa shape index (κ1) is 13.1. The smallest absolute Gasteiger partial charge is 0.0307 e. The molecule has 2 saturated carbocycles. The fourth-order valence-electron chi connectivity index (χ4n) is 3.96. The van der Waals surface area contributed by atoms with E-state index in [-0.39, 0.29) is 0 Å². The Labute approximate surface area is 116 Å². The van der Waals surface area contributed by atoms with Crippen molar-refractivity contribution in [2.45, 2.75) is 62.8 Å². The Balaban J connectivity index is 1.64. The Hall–Kier alpha value is -0.860. The first-order chi connectivity index (χ1) is 9.35. The maximum absolute atomic E-state index is 5.87. The molecular formula is C17H26N2. The number of benzene rings is 1. The Morgan fingerprint density at radius 3 is 2.42 bits per heavy atom. The van der Waals surface area contributed by atoms with E-state index < -0.39 is 0 Å². The zero-order valence-electron chi connectivity index (χ0n) is 11.8. The highest BCUT2D eigenvalue weighted by atomic mass is 15.2. The van der Waals surface area contributed by atoms with Gasteiger partial charge in [-0.2, -0.15) is 0 Å². The monoisotopic (exact) mass is 258 g/mol. The van der Waals surface area contributed by atoms with Crippen LogP contribution in [0.1, 0.15) is 56.9 Å². The Kier molecular flexibility index (Phi) is 3.90. The maximum Gasteiger partial charge on any atom is 0.0307 e. The van der Waals surface area contributed by atoms with Crippen molar-refractivity contribution in [3.05, 3.63) is 35.9 Å². The third kappa shape index (κ3) is 2.70. The second-order valence-electron chi connectivity index (χ2n) is 6.47. The molecule has 2 aliphatic rings. The number of hydrogen-bond acceptors (Lipinski definition) is 2. The van der Waals surface area contributed by atoms with Crippen molar-refractivity contribution in [1.82, 2.24) is 5.43 Å². The predicted octanol–water partition coefficient (Wildman–Crippen LogP) is 3.52. The quantitative estimate of drug-likeness (QED) is 0.605. The summed E-state index contributed by atoms with van der Waals surface area (Å²) in [6, 6.07) is 11.4. The summed E-state index contributed by atoms with van der Waals surface area (Å²) in [7, 11) is 0. The third-order valence-electron chi connectivity index (χ3n) is 5.34. The second-order valence-corrected chi connectivity index (χ2v) is 6.47. The van der Waals surface area contributed by atoms with E-state index in [9.17, 15) is 0 Å². The van der Waals surface area contributed by atoms with Crippen molar-refractivity contribution in [3.8, 4) is 0 Å². The van der Waals surface area contributed by atoms with Crippen LogP contribution in [0, 0.1) is 5.92 Å². The van der Waals surface area contributed by atoms with E-state index in [0.717, 1.165) is 5.92 Å². The van der Waals surface area contributed by atoms with E-state index in [2.05, 4.69) is 35.8 Å². The maximum atomic E-state index is 5.87. The van der Waals surface area contributed by atoms with Crippen LogP contribution in [0.3, 0.4) is 0 Å². The molecule has 0 aromatic heterocycles. The minimum atomic E-state index is 0.328. The van der Waals surface area contributed by atoms with Gasteiger partial charge in [-0.25, -0.2) is 0 Å². The predicted molar refractivity (Wildman–Crippen MR) is 79.7 cm³/mol. The summed E-state index contributed by atoms with van der Waals surface area (Å²) in [6.45, 7) is 0. The highest BCUT2D eigenvalue weighted by Gasteiger charge is 2.50. The average Bonchev–Trinajstić information content (AvgIpc) is 3.10. The normalized spacial score (nSPS) is 23.4. The van der Waals surface area contributed by atoms with Crippen molar-refractivity contribution in [2.24, 2.45) is 11.8 Å². The molecule has 104 valence electrons. The van der Waals surface area contributed by atoms with Crippen LogP contribution in [0.4, 0.5) is 0 Å². The van der Waals surface area contributed by atoms with Gasteiger partial charge in [-0.15, -0.1) is 0 Å². The molecule has 1 aromatic carbocycles. The lowest BCUT2D eigenvalue weighted by atomic mass is 9.84. The summed E-state index contributed by atoms with van der Waals surface area (Å²) in [5.74, 6) is 6.83. The summed E-state index contributed by atoms with van der Waals surface area (Å²) in [5.41, 5.74) is 4.93. The van der Waals surface area contributed by atoms with Crippen LogP contribution in [0.2, 0.25) is 0 Å². The molecule has 1 aromatic rings. The molecule has 3 rings (SSSR count). The molecular weight excluding hydrogens is 232 g/mol. The molecule has 0 heterocycles. The SMILES string of the molecule is NNC(CCC1CCCC1)C1(c2ccccc2)CC1. The summed E-state index contributed by atoms with van der Waals surface area (Å²) in [6.07, 6.45) is 10.9. The molecule has 0 radical (unpaired) electrons. The molecule has 0 amide bonds. The number of nitrogens with two attached hydrogens (primary N) is 1. The minimum Gasteiger partial charge on any atom is -0.271 e. The van der Waals surface area contributed by atoms with E-state index in [0.29, 0.717) is 11.5 Å². The minimum absolute atomic E-state index is 0.328. The van der Waals surface area contributed by atoms with Gasteiger partial charge in [-0.3, -0.25) is 11.3 Å². The van der Waals surface area contributed by atoms with E-state index in [1.54, 1.807) is 0 Å². The van der Waals surface area contributed by atoms with Crippen molar-refractivity contribution >= 4 is 0 Å². The largest absolute Gasteiger partial charge is 0.271 e. The Morgan fingerprint density at radius 2 is 1.84 bits per heavy atom.